The molecule has 0 aliphatic carbocycles. The molecule has 5 nitrogen and oxygen atoms in total. The molecule has 0 atom stereocenters. The first-order valence-electron chi connectivity index (χ1n) is 7.98. The monoisotopic (exact) mass is 336 g/mol. The SMILES string of the molecule is CCOC(=O)c1c(C)[nH]c(/C=C(\C#N)C(=O)c2cccc(C)c2)c1C. The smallest absolute Gasteiger partial charge is 0.340 e. The number of aromatic nitrogens is 1. The molecule has 2 aromatic rings. The average Bonchev–Trinajstić information content (AvgIpc) is 2.86. The van der Waals surface area contributed by atoms with Crippen molar-refractivity contribution in [3.05, 3.63) is 63.5 Å². The van der Waals surface area contributed by atoms with Gasteiger partial charge >= 0.3 is 5.97 Å². The van der Waals surface area contributed by atoms with Crippen LogP contribution in [0.3, 0.4) is 0 Å². The normalized spacial score (nSPS) is 11.1. The average molecular weight is 336 g/mol. The van der Waals surface area contributed by atoms with Gasteiger partial charge in [0.1, 0.15) is 11.6 Å². The topological polar surface area (TPSA) is 82.9 Å². The van der Waals surface area contributed by atoms with Crippen molar-refractivity contribution in [2.24, 2.45) is 0 Å². The van der Waals surface area contributed by atoms with E-state index < -0.39 is 5.97 Å². The third-order valence-electron chi connectivity index (χ3n) is 3.89. The number of hydrogen-bond donors (Lipinski definition) is 1. The van der Waals surface area contributed by atoms with Crippen molar-refractivity contribution in [2.45, 2.75) is 27.7 Å². The van der Waals surface area contributed by atoms with Gasteiger partial charge in [-0.15, -0.1) is 0 Å². The van der Waals surface area contributed by atoms with E-state index in [0.29, 0.717) is 28.1 Å². The Morgan fingerprint density at radius 3 is 2.60 bits per heavy atom. The number of nitriles is 1. The van der Waals surface area contributed by atoms with E-state index in [1.54, 1.807) is 39.0 Å². The molecule has 1 heterocycles. The van der Waals surface area contributed by atoms with Crippen LogP contribution in [-0.4, -0.2) is 23.3 Å². The van der Waals surface area contributed by atoms with Gasteiger partial charge in [-0.2, -0.15) is 5.26 Å². The number of ketones is 1. The summed E-state index contributed by atoms with van der Waals surface area (Å²) in [6.07, 6.45) is 1.48. The number of allylic oxidation sites excluding steroid dienone is 1. The van der Waals surface area contributed by atoms with Crippen LogP contribution in [0.4, 0.5) is 0 Å². The maximum atomic E-state index is 12.6. The van der Waals surface area contributed by atoms with Crippen molar-refractivity contribution >= 4 is 17.8 Å². The van der Waals surface area contributed by atoms with Crippen molar-refractivity contribution in [3.63, 3.8) is 0 Å². The summed E-state index contributed by atoms with van der Waals surface area (Å²) >= 11 is 0. The zero-order valence-electron chi connectivity index (χ0n) is 14.8. The van der Waals surface area contributed by atoms with Gasteiger partial charge in [0.25, 0.3) is 0 Å². The zero-order chi connectivity index (χ0) is 18.6. The molecule has 1 N–H and O–H groups in total. The number of esters is 1. The summed E-state index contributed by atoms with van der Waals surface area (Å²) in [5.74, 6) is -0.771. The Labute approximate surface area is 146 Å². The molecule has 0 unspecified atom stereocenters. The van der Waals surface area contributed by atoms with Crippen molar-refractivity contribution in [1.29, 1.82) is 5.26 Å². The molecule has 0 saturated heterocycles. The fourth-order valence-electron chi connectivity index (χ4n) is 2.66. The molecule has 128 valence electrons. The molecule has 25 heavy (non-hydrogen) atoms. The van der Waals surface area contributed by atoms with Gasteiger partial charge in [0.15, 0.2) is 0 Å². The Hall–Kier alpha value is -3.13. The van der Waals surface area contributed by atoms with Gasteiger partial charge in [-0.25, -0.2) is 4.79 Å². The Morgan fingerprint density at radius 2 is 2.00 bits per heavy atom. The van der Waals surface area contributed by atoms with E-state index in [2.05, 4.69) is 4.98 Å². The molecule has 1 aromatic heterocycles. The summed E-state index contributed by atoms with van der Waals surface area (Å²) in [6.45, 7) is 7.42. The standard InChI is InChI=1S/C20H20N2O3/c1-5-25-20(24)18-13(3)17(22-14(18)4)10-16(11-21)19(23)15-8-6-7-12(2)9-15/h6-10,22H,5H2,1-4H3/b16-10+. The molecule has 0 saturated carbocycles. The highest BCUT2D eigenvalue weighted by molar-refractivity contribution is 6.14. The lowest BCUT2D eigenvalue weighted by Crippen LogP contribution is -2.06. The third kappa shape index (κ3) is 3.86. The molecule has 0 spiro atoms. The molecular weight excluding hydrogens is 316 g/mol. The van der Waals surface area contributed by atoms with Crippen LogP contribution in [0.15, 0.2) is 29.8 Å². The first-order valence-corrected chi connectivity index (χ1v) is 7.98. The van der Waals surface area contributed by atoms with Gasteiger partial charge < -0.3 is 9.72 Å². The van der Waals surface area contributed by atoms with Gasteiger partial charge in [-0.3, -0.25) is 4.79 Å². The van der Waals surface area contributed by atoms with Crippen LogP contribution >= 0.6 is 0 Å². The van der Waals surface area contributed by atoms with Gasteiger partial charge in [-0.1, -0.05) is 23.8 Å². The van der Waals surface area contributed by atoms with E-state index >= 15 is 0 Å². The Kier molecular flexibility index (Phi) is 5.56. The fraction of sp³-hybridized carbons (Fsp3) is 0.250. The van der Waals surface area contributed by atoms with Crippen LogP contribution in [0.25, 0.3) is 6.08 Å². The van der Waals surface area contributed by atoms with E-state index in [-0.39, 0.29) is 18.0 Å². The molecule has 0 aliphatic heterocycles. The van der Waals surface area contributed by atoms with Gasteiger partial charge in [0.2, 0.25) is 5.78 Å². The van der Waals surface area contributed by atoms with Gasteiger partial charge in [-0.05, 0) is 45.4 Å². The quantitative estimate of drug-likeness (QED) is 0.388. The lowest BCUT2D eigenvalue weighted by Gasteiger charge is -2.02. The predicted molar refractivity (Wildman–Crippen MR) is 95.3 cm³/mol. The molecule has 0 aliphatic rings. The molecule has 5 heteroatoms. The van der Waals surface area contributed by atoms with E-state index in [1.807, 2.05) is 19.1 Å². The molecular formula is C20H20N2O3. The summed E-state index contributed by atoms with van der Waals surface area (Å²) in [7, 11) is 0. The van der Waals surface area contributed by atoms with Crippen LogP contribution < -0.4 is 0 Å². The number of H-pyrrole nitrogens is 1. The number of carbonyl (C=O) groups excluding carboxylic acids is 2. The van der Waals surface area contributed by atoms with E-state index in [9.17, 15) is 14.9 Å². The molecule has 0 fully saturated rings. The highest BCUT2D eigenvalue weighted by Crippen LogP contribution is 2.22. The minimum absolute atomic E-state index is 0.00496. The number of nitrogens with one attached hydrogen (secondary N) is 1. The first-order chi connectivity index (χ1) is 11.9. The second kappa shape index (κ2) is 7.63. The number of Topliss-reactive ketones (excluding diaryl/α,β-unsaturated/α-hetero) is 1. The van der Waals surface area contributed by atoms with Gasteiger partial charge in [0, 0.05) is 17.0 Å². The first kappa shape index (κ1) is 18.2. The highest BCUT2D eigenvalue weighted by atomic mass is 16.5. The number of nitrogens with zero attached hydrogens (tertiary/aromatic N) is 1. The number of ether oxygens (including phenoxy) is 1. The minimum Gasteiger partial charge on any atom is -0.462 e. The lowest BCUT2D eigenvalue weighted by molar-refractivity contribution is 0.0525. The number of benzene rings is 1. The highest BCUT2D eigenvalue weighted by Gasteiger charge is 2.20. The molecule has 0 amide bonds. The lowest BCUT2D eigenvalue weighted by atomic mass is 10.0. The number of aromatic amines is 1. The molecule has 0 bridgehead atoms. The molecule has 2 rings (SSSR count). The fourth-order valence-corrected chi connectivity index (χ4v) is 2.66. The van der Waals surface area contributed by atoms with Crippen LogP contribution in [-0.2, 0) is 4.74 Å². The number of hydrogen-bond acceptors (Lipinski definition) is 4. The van der Waals surface area contributed by atoms with Crippen molar-refractivity contribution in [1.82, 2.24) is 4.98 Å². The second-order valence-corrected chi connectivity index (χ2v) is 5.75. The van der Waals surface area contributed by atoms with E-state index in [4.69, 9.17) is 4.74 Å². The van der Waals surface area contributed by atoms with Gasteiger partial charge in [0.05, 0.1) is 12.2 Å². The maximum Gasteiger partial charge on any atom is 0.340 e. The summed E-state index contributed by atoms with van der Waals surface area (Å²) in [6, 6.07) is 9.04. The van der Waals surface area contributed by atoms with Crippen LogP contribution in [0.1, 0.15) is 50.2 Å². The second-order valence-electron chi connectivity index (χ2n) is 5.75. The van der Waals surface area contributed by atoms with Crippen molar-refractivity contribution in [3.8, 4) is 6.07 Å². The van der Waals surface area contributed by atoms with Crippen LogP contribution in [0.2, 0.25) is 0 Å². The van der Waals surface area contributed by atoms with E-state index in [0.717, 1.165) is 5.56 Å². The summed E-state index contributed by atoms with van der Waals surface area (Å²) < 4.78 is 5.05. The third-order valence-corrected chi connectivity index (χ3v) is 3.89. The Balaban J connectivity index is 2.44. The maximum absolute atomic E-state index is 12.6. The van der Waals surface area contributed by atoms with Crippen molar-refractivity contribution in [2.75, 3.05) is 6.61 Å². The van der Waals surface area contributed by atoms with Crippen LogP contribution in [0, 0.1) is 32.1 Å². The van der Waals surface area contributed by atoms with E-state index in [1.165, 1.54) is 6.08 Å². The molecule has 0 radical (unpaired) electrons. The summed E-state index contributed by atoms with van der Waals surface area (Å²) in [5.41, 5.74) is 3.69. The largest absolute Gasteiger partial charge is 0.462 e. The number of carbonyl (C=O) groups is 2. The number of rotatable bonds is 5. The number of aryl methyl sites for hydroxylation is 2. The van der Waals surface area contributed by atoms with Crippen LogP contribution in [0.5, 0.6) is 0 Å². The van der Waals surface area contributed by atoms with Crippen molar-refractivity contribution < 1.29 is 14.3 Å². The predicted octanol–water partition coefficient (Wildman–Crippen LogP) is 3.91. The summed E-state index contributed by atoms with van der Waals surface area (Å²) in [4.78, 5) is 27.7. The minimum atomic E-state index is -0.420. The zero-order valence-corrected chi connectivity index (χ0v) is 14.8. The Bertz CT molecular complexity index is 898. The molecule has 1 aromatic carbocycles. The Morgan fingerprint density at radius 1 is 1.28 bits per heavy atom. The summed E-state index contributed by atoms with van der Waals surface area (Å²) in [5, 5.41) is 9.40.